The van der Waals surface area contributed by atoms with Crippen LogP contribution in [-0.2, 0) is 9.59 Å². The summed E-state index contributed by atoms with van der Waals surface area (Å²) in [5.41, 5.74) is 0.426. The van der Waals surface area contributed by atoms with E-state index in [1.54, 1.807) is 38.1 Å². The number of carboxylic acid groups (broad SMARTS) is 1. The first-order valence-corrected chi connectivity index (χ1v) is 5.59. The Balaban J connectivity index is 3.11. The first-order valence-electron chi connectivity index (χ1n) is 5.21. The fourth-order valence-corrected chi connectivity index (χ4v) is 1.64. The Kier molecular flexibility index (Phi) is 4.52. The van der Waals surface area contributed by atoms with Crippen LogP contribution < -0.4 is 4.90 Å². The van der Waals surface area contributed by atoms with Gasteiger partial charge in [-0.25, -0.2) is 0 Å². The standard InChI is InChI=1S/C12H14ClNO3/c1-8(2)12(17)14(7-11(15)16)10-6-4-3-5-9(10)13/h3-6,8H,7H2,1-2H3,(H,15,16). The van der Waals surface area contributed by atoms with Gasteiger partial charge in [-0.05, 0) is 12.1 Å². The van der Waals surface area contributed by atoms with Gasteiger partial charge in [0, 0.05) is 5.92 Å². The highest BCUT2D eigenvalue weighted by Gasteiger charge is 2.22. The lowest BCUT2D eigenvalue weighted by Gasteiger charge is -2.23. The van der Waals surface area contributed by atoms with Crippen LogP contribution in [-0.4, -0.2) is 23.5 Å². The van der Waals surface area contributed by atoms with Gasteiger partial charge in [0.25, 0.3) is 0 Å². The fourth-order valence-electron chi connectivity index (χ4n) is 1.40. The van der Waals surface area contributed by atoms with Crippen molar-refractivity contribution < 1.29 is 14.7 Å². The maximum atomic E-state index is 11.9. The second-order valence-electron chi connectivity index (χ2n) is 3.92. The van der Waals surface area contributed by atoms with E-state index in [0.29, 0.717) is 10.7 Å². The van der Waals surface area contributed by atoms with E-state index in [9.17, 15) is 9.59 Å². The molecule has 1 amide bonds. The number of anilines is 1. The predicted molar refractivity (Wildman–Crippen MR) is 66.3 cm³/mol. The molecule has 0 fully saturated rings. The molecule has 1 rings (SSSR count). The lowest BCUT2D eigenvalue weighted by atomic mass is 10.1. The molecule has 0 saturated heterocycles. The number of halogens is 1. The number of nitrogens with zero attached hydrogens (tertiary/aromatic N) is 1. The van der Waals surface area contributed by atoms with Crippen LogP contribution in [0.25, 0.3) is 0 Å². The monoisotopic (exact) mass is 255 g/mol. The number of carboxylic acids is 1. The van der Waals surface area contributed by atoms with Crippen molar-refractivity contribution in [3.63, 3.8) is 0 Å². The summed E-state index contributed by atoms with van der Waals surface area (Å²) in [6.45, 7) is 3.04. The van der Waals surface area contributed by atoms with Gasteiger partial charge < -0.3 is 5.11 Å². The summed E-state index contributed by atoms with van der Waals surface area (Å²) < 4.78 is 0. The Morgan fingerprint density at radius 3 is 2.41 bits per heavy atom. The summed E-state index contributed by atoms with van der Waals surface area (Å²) in [6.07, 6.45) is 0. The van der Waals surface area contributed by atoms with Gasteiger partial charge in [-0.15, -0.1) is 0 Å². The summed E-state index contributed by atoms with van der Waals surface area (Å²) in [7, 11) is 0. The number of carbonyl (C=O) groups is 2. The highest BCUT2D eigenvalue weighted by atomic mass is 35.5. The average Bonchev–Trinajstić information content (AvgIpc) is 2.25. The van der Waals surface area contributed by atoms with Crippen LogP contribution in [0, 0.1) is 5.92 Å². The summed E-state index contributed by atoms with van der Waals surface area (Å²) in [4.78, 5) is 23.9. The van der Waals surface area contributed by atoms with Crippen LogP contribution in [0.4, 0.5) is 5.69 Å². The highest BCUT2D eigenvalue weighted by Crippen LogP contribution is 2.26. The minimum Gasteiger partial charge on any atom is -0.480 e. The van der Waals surface area contributed by atoms with Crippen LogP contribution in [0.3, 0.4) is 0 Å². The summed E-state index contributed by atoms with van der Waals surface area (Å²) >= 11 is 5.96. The van der Waals surface area contributed by atoms with Gasteiger partial charge >= 0.3 is 5.97 Å². The van der Waals surface area contributed by atoms with Gasteiger partial charge in [-0.2, -0.15) is 0 Å². The van der Waals surface area contributed by atoms with E-state index < -0.39 is 5.97 Å². The zero-order valence-corrected chi connectivity index (χ0v) is 10.4. The number of aliphatic carboxylic acids is 1. The quantitative estimate of drug-likeness (QED) is 0.899. The second-order valence-corrected chi connectivity index (χ2v) is 4.33. The molecular weight excluding hydrogens is 242 g/mol. The Morgan fingerprint density at radius 2 is 1.94 bits per heavy atom. The molecule has 0 radical (unpaired) electrons. The van der Waals surface area contributed by atoms with Crippen molar-refractivity contribution in [3.8, 4) is 0 Å². The second kappa shape index (κ2) is 5.68. The van der Waals surface area contributed by atoms with E-state index in [-0.39, 0.29) is 18.4 Å². The van der Waals surface area contributed by atoms with Crippen molar-refractivity contribution in [2.75, 3.05) is 11.4 Å². The molecule has 0 atom stereocenters. The zero-order valence-electron chi connectivity index (χ0n) is 9.68. The first-order chi connectivity index (χ1) is 7.93. The van der Waals surface area contributed by atoms with Crippen molar-refractivity contribution >= 4 is 29.2 Å². The number of carbonyl (C=O) groups excluding carboxylic acids is 1. The molecule has 0 aliphatic rings. The smallest absolute Gasteiger partial charge is 0.323 e. The molecule has 0 bridgehead atoms. The molecule has 0 aliphatic carbocycles. The third-order valence-electron chi connectivity index (χ3n) is 2.20. The maximum absolute atomic E-state index is 11.9. The third kappa shape index (κ3) is 3.46. The molecule has 0 saturated carbocycles. The fraction of sp³-hybridized carbons (Fsp3) is 0.333. The number of benzene rings is 1. The van der Waals surface area contributed by atoms with E-state index >= 15 is 0 Å². The van der Waals surface area contributed by atoms with E-state index in [1.165, 1.54) is 4.90 Å². The third-order valence-corrected chi connectivity index (χ3v) is 2.52. The summed E-state index contributed by atoms with van der Waals surface area (Å²) in [5.74, 6) is -1.62. The van der Waals surface area contributed by atoms with Gasteiger partial charge in [0.2, 0.25) is 5.91 Å². The Hall–Kier alpha value is -1.55. The number of hydrogen-bond acceptors (Lipinski definition) is 2. The van der Waals surface area contributed by atoms with Gasteiger partial charge in [-0.1, -0.05) is 37.6 Å². The van der Waals surface area contributed by atoms with Crippen molar-refractivity contribution in [2.45, 2.75) is 13.8 Å². The molecule has 17 heavy (non-hydrogen) atoms. The van der Waals surface area contributed by atoms with Crippen molar-refractivity contribution in [1.29, 1.82) is 0 Å². The molecule has 0 unspecified atom stereocenters. The molecule has 0 aromatic heterocycles. The Morgan fingerprint density at radius 1 is 1.35 bits per heavy atom. The molecule has 1 aromatic carbocycles. The lowest BCUT2D eigenvalue weighted by Crippen LogP contribution is -2.38. The largest absolute Gasteiger partial charge is 0.480 e. The van der Waals surface area contributed by atoms with E-state index in [0.717, 1.165) is 0 Å². The topological polar surface area (TPSA) is 57.6 Å². The molecule has 4 nitrogen and oxygen atoms in total. The van der Waals surface area contributed by atoms with Crippen LogP contribution in [0.2, 0.25) is 5.02 Å². The molecule has 92 valence electrons. The number of para-hydroxylation sites is 1. The van der Waals surface area contributed by atoms with Crippen molar-refractivity contribution in [1.82, 2.24) is 0 Å². The molecular formula is C12H14ClNO3. The zero-order chi connectivity index (χ0) is 13.0. The highest BCUT2D eigenvalue weighted by molar-refractivity contribution is 6.33. The first kappa shape index (κ1) is 13.5. The number of rotatable bonds is 4. The summed E-state index contributed by atoms with van der Waals surface area (Å²) in [5, 5.41) is 9.19. The van der Waals surface area contributed by atoms with Gasteiger partial charge in [-0.3, -0.25) is 14.5 Å². The summed E-state index contributed by atoms with van der Waals surface area (Å²) in [6, 6.07) is 6.69. The molecule has 0 aliphatic heterocycles. The average molecular weight is 256 g/mol. The minimum absolute atomic E-state index is 0.263. The SMILES string of the molecule is CC(C)C(=O)N(CC(=O)O)c1ccccc1Cl. The van der Waals surface area contributed by atoms with Gasteiger partial charge in [0.05, 0.1) is 10.7 Å². The Bertz CT molecular complexity index is 432. The molecule has 1 aromatic rings. The van der Waals surface area contributed by atoms with E-state index in [4.69, 9.17) is 16.7 Å². The molecule has 5 heteroatoms. The molecule has 0 heterocycles. The minimum atomic E-state index is -1.07. The number of hydrogen-bond donors (Lipinski definition) is 1. The predicted octanol–water partition coefficient (Wildman–Crippen LogP) is 2.41. The maximum Gasteiger partial charge on any atom is 0.323 e. The molecule has 1 N–H and O–H groups in total. The normalized spacial score (nSPS) is 10.4. The van der Waals surface area contributed by atoms with Gasteiger partial charge in [0.1, 0.15) is 6.54 Å². The van der Waals surface area contributed by atoms with Crippen LogP contribution in [0.15, 0.2) is 24.3 Å². The van der Waals surface area contributed by atoms with Crippen LogP contribution >= 0.6 is 11.6 Å². The Labute approximate surface area is 105 Å². The molecule has 0 spiro atoms. The number of amides is 1. The van der Waals surface area contributed by atoms with Crippen LogP contribution in [0.1, 0.15) is 13.8 Å². The van der Waals surface area contributed by atoms with Crippen LogP contribution in [0.5, 0.6) is 0 Å². The van der Waals surface area contributed by atoms with Crippen molar-refractivity contribution in [3.05, 3.63) is 29.3 Å². The van der Waals surface area contributed by atoms with Crippen molar-refractivity contribution in [2.24, 2.45) is 5.92 Å². The van der Waals surface area contributed by atoms with E-state index in [1.807, 2.05) is 0 Å². The van der Waals surface area contributed by atoms with Gasteiger partial charge in [0.15, 0.2) is 0 Å². The lowest BCUT2D eigenvalue weighted by molar-refractivity contribution is -0.137. The van der Waals surface area contributed by atoms with E-state index in [2.05, 4.69) is 0 Å².